The number of fused-ring (bicyclic) bond motifs is 1. The van der Waals surface area contributed by atoms with Gasteiger partial charge in [-0.05, 0) is 53.8 Å². The van der Waals surface area contributed by atoms with Gasteiger partial charge in [0.1, 0.15) is 5.75 Å². The molecule has 2 aromatic carbocycles. The summed E-state index contributed by atoms with van der Waals surface area (Å²) in [5.74, 6) is -0.214. The fourth-order valence-corrected chi connectivity index (χ4v) is 4.20. The lowest BCUT2D eigenvalue weighted by Crippen LogP contribution is -2.24. The molecule has 0 saturated carbocycles. The van der Waals surface area contributed by atoms with E-state index in [1.165, 1.54) is 0 Å². The number of carboxylic acids is 1. The van der Waals surface area contributed by atoms with Gasteiger partial charge in [-0.1, -0.05) is 43.3 Å². The Morgan fingerprint density at radius 1 is 1.10 bits per heavy atom. The average Bonchev–Trinajstić information content (AvgIpc) is 3.08. The fraction of sp³-hybridized carbons (Fsp3) is 0.280. The van der Waals surface area contributed by atoms with Crippen molar-refractivity contribution in [2.45, 2.75) is 25.7 Å². The standard InChI is InChI=1S/C25H25NO4/c1-15-12-19-14-26(20-8-4-17(5-9-20)16(2)25(28)29)24(27)23(19)13-22(15)18-6-10-21(30-3)11-7-18/h4-13,15-16,22H,14H2,1-3H3,(H,28,29). The van der Waals surface area contributed by atoms with Gasteiger partial charge >= 0.3 is 5.97 Å². The number of benzene rings is 2. The Bertz CT molecular complexity index is 1030. The smallest absolute Gasteiger partial charge is 0.310 e. The number of carbonyl (C=O) groups excluding carboxylic acids is 1. The van der Waals surface area contributed by atoms with Gasteiger partial charge in [0, 0.05) is 17.2 Å². The quantitative estimate of drug-likeness (QED) is 0.797. The van der Waals surface area contributed by atoms with Gasteiger partial charge < -0.3 is 14.7 Å². The molecule has 30 heavy (non-hydrogen) atoms. The lowest BCUT2D eigenvalue weighted by Gasteiger charge is -2.24. The molecule has 3 unspecified atom stereocenters. The van der Waals surface area contributed by atoms with Crippen molar-refractivity contribution < 1.29 is 19.4 Å². The van der Waals surface area contributed by atoms with Crippen LogP contribution in [0.15, 0.2) is 71.8 Å². The lowest BCUT2D eigenvalue weighted by molar-refractivity contribution is -0.138. The van der Waals surface area contributed by atoms with Crippen LogP contribution >= 0.6 is 0 Å². The van der Waals surface area contributed by atoms with E-state index in [1.54, 1.807) is 31.1 Å². The van der Waals surface area contributed by atoms with Crippen molar-refractivity contribution in [3.63, 3.8) is 0 Å². The molecule has 1 aliphatic heterocycles. The Balaban J connectivity index is 1.59. The minimum absolute atomic E-state index is 0.00862. The van der Waals surface area contributed by atoms with Gasteiger partial charge in [0.05, 0.1) is 19.6 Å². The second-order valence-corrected chi connectivity index (χ2v) is 7.97. The van der Waals surface area contributed by atoms with Gasteiger partial charge in [0.15, 0.2) is 0 Å². The van der Waals surface area contributed by atoms with E-state index in [2.05, 4.69) is 31.2 Å². The minimum Gasteiger partial charge on any atom is -0.497 e. The molecule has 1 aliphatic carbocycles. The van der Waals surface area contributed by atoms with Gasteiger partial charge in [-0.3, -0.25) is 9.59 Å². The molecule has 154 valence electrons. The zero-order valence-corrected chi connectivity index (χ0v) is 17.3. The topological polar surface area (TPSA) is 66.8 Å². The third-order valence-corrected chi connectivity index (χ3v) is 6.10. The van der Waals surface area contributed by atoms with E-state index in [0.717, 1.165) is 33.7 Å². The van der Waals surface area contributed by atoms with Crippen molar-refractivity contribution in [3.8, 4) is 5.75 Å². The minimum atomic E-state index is -0.861. The summed E-state index contributed by atoms with van der Waals surface area (Å²) < 4.78 is 5.25. The first kappa shape index (κ1) is 20.0. The SMILES string of the molecule is COc1ccc(C2C=C3C(=O)N(c4ccc(C(C)C(=O)O)cc4)CC3=CC2C)cc1. The van der Waals surface area contributed by atoms with Crippen LogP contribution < -0.4 is 9.64 Å². The van der Waals surface area contributed by atoms with Crippen LogP contribution in [-0.2, 0) is 9.59 Å². The van der Waals surface area contributed by atoms with Crippen LogP contribution in [-0.4, -0.2) is 30.6 Å². The second kappa shape index (κ2) is 7.82. The maximum Gasteiger partial charge on any atom is 0.310 e. The van der Waals surface area contributed by atoms with E-state index in [4.69, 9.17) is 4.74 Å². The van der Waals surface area contributed by atoms with Crippen molar-refractivity contribution in [2.24, 2.45) is 5.92 Å². The number of hydrogen-bond donors (Lipinski definition) is 1. The Kier molecular flexibility index (Phi) is 5.20. The molecule has 4 rings (SSSR count). The van der Waals surface area contributed by atoms with Gasteiger partial charge in [-0.25, -0.2) is 0 Å². The van der Waals surface area contributed by atoms with Gasteiger partial charge in [-0.15, -0.1) is 0 Å². The molecule has 1 amide bonds. The molecule has 1 saturated heterocycles. The van der Waals surface area contributed by atoms with Crippen molar-refractivity contribution in [1.82, 2.24) is 0 Å². The van der Waals surface area contributed by atoms with Crippen LogP contribution in [0.5, 0.6) is 5.75 Å². The number of nitrogens with zero attached hydrogens (tertiary/aromatic N) is 1. The van der Waals surface area contributed by atoms with Crippen molar-refractivity contribution in [2.75, 3.05) is 18.6 Å². The summed E-state index contributed by atoms with van der Waals surface area (Å²) in [7, 11) is 1.65. The first-order valence-electron chi connectivity index (χ1n) is 10.1. The van der Waals surface area contributed by atoms with Crippen LogP contribution in [0.25, 0.3) is 0 Å². The number of rotatable bonds is 5. The maximum absolute atomic E-state index is 13.2. The molecule has 2 aliphatic rings. The normalized spacial score (nSPS) is 21.6. The highest BCUT2D eigenvalue weighted by Crippen LogP contribution is 2.40. The number of amides is 1. The van der Waals surface area contributed by atoms with Crippen LogP contribution in [0, 0.1) is 5.92 Å². The molecular weight excluding hydrogens is 378 g/mol. The fourth-order valence-electron chi connectivity index (χ4n) is 4.20. The van der Waals surface area contributed by atoms with Crippen molar-refractivity contribution in [3.05, 3.63) is 83.0 Å². The summed E-state index contributed by atoms with van der Waals surface area (Å²) in [6.07, 6.45) is 4.29. The lowest BCUT2D eigenvalue weighted by atomic mass is 9.80. The molecule has 1 N–H and O–H groups in total. The largest absolute Gasteiger partial charge is 0.497 e. The van der Waals surface area contributed by atoms with Crippen LogP contribution in [0.4, 0.5) is 5.69 Å². The van der Waals surface area contributed by atoms with Gasteiger partial charge in [-0.2, -0.15) is 0 Å². The molecule has 1 heterocycles. The average molecular weight is 403 g/mol. The summed E-state index contributed by atoms with van der Waals surface area (Å²) in [6, 6.07) is 15.2. The zero-order chi connectivity index (χ0) is 21.4. The Morgan fingerprint density at radius 3 is 2.37 bits per heavy atom. The molecule has 2 aromatic rings. The maximum atomic E-state index is 13.2. The van der Waals surface area contributed by atoms with E-state index >= 15 is 0 Å². The van der Waals surface area contributed by atoms with E-state index in [9.17, 15) is 14.7 Å². The number of allylic oxidation sites excluding steroid dienone is 2. The number of carbonyl (C=O) groups is 2. The van der Waals surface area contributed by atoms with E-state index in [1.807, 2.05) is 24.3 Å². The number of anilines is 1. The summed E-state index contributed by atoms with van der Waals surface area (Å²) in [5, 5.41) is 9.18. The molecule has 5 nitrogen and oxygen atoms in total. The van der Waals surface area contributed by atoms with Gasteiger partial charge in [0.25, 0.3) is 5.91 Å². The Labute approximate surface area is 176 Å². The van der Waals surface area contributed by atoms with E-state index < -0.39 is 11.9 Å². The number of carboxylic acid groups (broad SMARTS) is 1. The first-order valence-corrected chi connectivity index (χ1v) is 10.1. The summed E-state index contributed by atoms with van der Waals surface area (Å²) in [4.78, 5) is 26.1. The number of ether oxygens (including phenoxy) is 1. The highest BCUT2D eigenvalue weighted by molar-refractivity contribution is 6.13. The molecule has 1 fully saturated rings. The van der Waals surface area contributed by atoms with E-state index in [-0.39, 0.29) is 17.7 Å². The van der Waals surface area contributed by atoms with Crippen LogP contribution in [0.2, 0.25) is 0 Å². The molecule has 5 heteroatoms. The number of hydrogen-bond acceptors (Lipinski definition) is 3. The summed E-state index contributed by atoms with van der Waals surface area (Å²) >= 11 is 0. The van der Waals surface area contributed by atoms with E-state index in [0.29, 0.717) is 6.54 Å². The third kappa shape index (κ3) is 3.52. The van der Waals surface area contributed by atoms with Crippen molar-refractivity contribution >= 4 is 17.6 Å². The van der Waals surface area contributed by atoms with Gasteiger partial charge in [0.2, 0.25) is 0 Å². The van der Waals surface area contributed by atoms with Crippen LogP contribution in [0.3, 0.4) is 0 Å². The third-order valence-electron chi connectivity index (χ3n) is 6.10. The molecule has 0 bridgehead atoms. The summed E-state index contributed by atoms with van der Waals surface area (Å²) in [6.45, 7) is 4.37. The van der Waals surface area contributed by atoms with Crippen LogP contribution in [0.1, 0.15) is 36.8 Å². The molecular formula is C25H25NO4. The Morgan fingerprint density at radius 2 is 1.77 bits per heavy atom. The molecule has 0 aromatic heterocycles. The summed E-state index contributed by atoms with van der Waals surface area (Å²) in [5.41, 5.74) is 4.48. The monoisotopic (exact) mass is 403 g/mol. The highest BCUT2D eigenvalue weighted by atomic mass is 16.5. The highest BCUT2D eigenvalue weighted by Gasteiger charge is 2.36. The predicted octanol–water partition coefficient (Wildman–Crippen LogP) is 4.52. The number of methoxy groups -OCH3 is 1. The Hall–Kier alpha value is -3.34. The number of aliphatic carboxylic acids is 1. The predicted molar refractivity (Wildman–Crippen MR) is 116 cm³/mol. The van der Waals surface area contributed by atoms with Crippen molar-refractivity contribution in [1.29, 1.82) is 0 Å². The molecule has 0 spiro atoms. The second-order valence-electron chi connectivity index (χ2n) is 7.97. The molecule has 0 radical (unpaired) electrons. The molecule has 3 atom stereocenters. The zero-order valence-electron chi connectivity index (χ0n) is 17.3. The first-order chi connectivity index (χ1) is 14.4.